The Morgan fingerprint density at radius 3 is 2.43 bits per heavy atom. The molecule has 0 spiro atoms. The highest BCUT2D eigenvalue weighted by Crippen LogP contribution is 2.29. The number of aryl methyl sites for hydroxylation is 3. The number of benzene rings is 2. The number of fused-ring (bicyclic) bond motifs is 1. The minimum Gasteiger partial charge on any atom is -0.322 e. The fourth-order valence-electron chi connectivity index (χ4n) is 3.28. The molecule has 2 aromatic rings. The van der Waals surface area contributed by atoms with Gasteiger partial charge >= 0.3 is 0 Å². The Morgan fingerprint density at radius 2 is 1.67 bits per heavy atom. The van der Waals surface area contributed by atoms with E-state index in [1.54, 1.807) is 0 Å². The zero-order valence-corrected chi connectivity index (χ0v) is 12.9. The van der Waals surface area contributed by atoms with Crippen molar-refractivity contribution in [2.24, 2.45) is 5.73 Å². The standard InChI is InChI=1S/C20H25N/c1-20(21,14-13-16-7-3-2-4-8-16)19-12-11-17-9-5-6-10-18(17)15-19/h2-4,7-8,11-12,15H,5-6,9-10,13-14,21H2,1H3. The molecular formula is C20H25N. The van der Waals surface area contributed by atoms with E-state index in [-0.39, 0.29) is 5.54 Å². The molecule has 0 aromatic heterocycles. The number of hydrogen-bond acceptors (Lipinski definition) is 1. The van der Waals surface area contributed by atoms with Crippen molar-refractivity contribution in [1.29, 1.82) is 0 Å². The Bertz CT molecular complexity index is 598. The lowest BCUT2D eigenvalue weighted by molar-refractivity contribution is 0.452. The van der Waals surface area contributed by atoms with Gasteiger partial charge in [0, 0.05) is 5.54 Å². The summed E-state index contributed by atoms with van der Waals surface area (Å²) in [6.45, 7) is 2.17. The fraction of sp³-hybridized carbons (Fsp3) is 0.400. The first-order chi connectivity index (χ1) is 10.1. The lowest BCUT2D eigenvalue weighted by Crippen LogP contribution is -2.33. The highest BCUT2D eigenvalue weighted by atomic mass is 14.7. The van der Waals surface area contributed by atoms with E-state index in [4.69, 9.17) is 5.73 Å². The van der Waals surface area contributed by atoms with Crippen molar-refractivity contribution in [3.05, 3.63) is 70.8 Å². The van der Waals surface area contributed by atoms with Gasteiger partial charge in [-0.25, -0.2) is 0 Å². The molecule has 1 heteroatoms. The van der Waals surface area contributed by atoms with Crippen LogP contribution < -0.4 is 5.73 Å². The van der Waals surface area contributed by atoms with Gasteiger partial charge in [0.05, 0.1) is 0 Å². The van der Waals surface area contributed by atoms with E-state index in [2.05, 4.69) is 55.5 Å². The van der Waals surface area contributed by atoms with Gasteiger partial charge in [-0.2, -0.15) is 0 Å². The van der Waals surface area contributed by atoms with Crippen molar-refractivity contribution in [2.75, 3.05) is 0 Å². The van der Waals surface area contributed by atoms with Crippen LogP contribution in [0.25, 0.3) is 0 Å². The molecule has 1 aliphatic rings. The van der Waals surface area contributed by atoms with Gasteiger partial charge in [0.15, 0.2) is 0 Å². The van der Waals surface area contributed by atoms with Gasteiger partial charge in [0.1, 0.15) is 0 Å². The summed E-state index contributed by atoms with van der Waals surface area (Å²) >= 11 is 0. The van der Waals surface area contributed by atoms with Crippen LogP contribution in [0.5, 0.6) is 0 Å². The quantitative estimate of drug-likeness (QED) is 0.883. The first kappa shape index (κ1) is 14.3. The van der Waals surface area contributed by atoms with E-state index in [0.29, 0.717) is 0 Å². The topological polar surface area (TPSA) is 26.0 Å². The second-order valence-electron chi connectivity index (χ2n) is 6.59. The van der Waals surface area contributed by atoms with Crippen LogP contribution in [0.4, 0.5) is 0 Å². The first-order valence-corrected chi connectivity index (χ1v) is 8.10. The van der Waals surface area contributed by atoms with Crippen LogP contribution in [0.1, 0.15) is 48.4 Å². The average Bonchev–Trinajstić information content (AvgIpc) is 2.53. The molecule has 0 saturated carbocycles. The molecule has 1 aliphatic carbocycles. The molecule has 0 amide bonds. The maximum atomic E-state index is 6.62. The second-order valence-corrected chi connectivity index (χ2v) is 6.59. The smallest absolute Gasteiger partial charge is 0.0384 e. The zero-order valence-electron chi connectivity index (χ0n) is 12.9. The van der Waals surface area contributed by atoms with Gasteiger partial charge < -0.3 is 5.73 Å². The molecule has 110 valence electrons. The maximum Gasteiger partial charge on any atom is 0.0384 e. The average molecular weight is 279 g/mol. The molecule has 0 aliphatic heterocycles. The van der Waals surface area contributed by atoms with Crippen LogP contribution in [0.15, 0.2) is 48.5 Å². The predicted octanol–water partition coefficient (Wildman–Crippen LogP) is 4.37. The summed E-state index contributed by atoms with van der Waals surface area (Å²) in [5, 5.41) is 0. The molecule has 0 fully saturated rings. The molecule has 1 atom stereocenters. The van der Waals surface area contributed by atoms with Crippen LogP contribution in [0.3, 0.4) is 0 Å². The summed E-state index contributed by atoms with van der Waals surface area (Å²) in [6.07, 6.45) is 7.13. The molecule has 0 saturated heterocycles. The summed E-state index contributed by atoms with van der Waals surface area (Å²) in [4.78, 5) is 0. The molecule has 0 radical (unpaired) electrons. The van der Waals surface area contributed by atoms with E-state index in [1.807, 2.05) is 0 Å². The Morgan fingerprint density at radius 1 is 0.952 bits per heavy atom. The van der Waals surface area contributed by atoms with Crippen LogP contribution in [0.2, 0.25) is 0 Å². The minimum absolute atomic E-state index is 0.248. The highest BCUT2D eigenvalue weighted by molar-refractivity contribution is 5.37. The van der Waals surface area contributed by atoms with E-state index in [1.165, 1.54) is 47.9 Å². The fourth-order valence-corrected chi connectivity index (χ4v) is 3.28. The normalized spacial score (nSPS) is 17.0. The first-order valence-electron chi connectivity index (χ1n) is 8.10. The van der Waals surface area contributed by atoms with Gasteiger partial charge in [-0.1, -0.05) is 48.5 Å². The highest BCUT2D eigenvalue weighted by Gasteiger charge is 2.22. The van der Waals surface area contributed by atoms with Gasteiger partial charge in [0.2, 0.25) is 0 Å². The molecule has 3 rings (SSSR count). The molecule has 0 heterocycles. The lowest BCUT2D eigenvalue weighted by Gasteiger charge is -2.27. The SMILES string of the molecule is CC(N)(CCc1ccccc1)c1ccc2c(c1)CCCC2. The van der Waals surface area contributed by atoms with Gasteiger partial charge in [-0.3, -0.25) is 0 Å². The third-order valence-corrected chi connectivity index (χ3v) is 4.78. The molecule has 21 heavy (non-hydrogen) atoms. The molecule has 2 N–H and O–H groups in total. The van der Waals surface area contributed by atoms with E-state index >= 15 is 0 Å². The van der Waals surface area contributed by atoms with Crippen molar-refractivity contribution in [3.8, 4) is 0 Å². The van der Waals surface area contributed by atoms with Crippen molar-refractivity contribution < 1.29 is 0 Å². The van der Waals surface area contributed by atoms with Gasteiger partial charge in [-0.05, 0) is 67.7 Å². The largest absolute Gasteiger partial charge is 0.322 e. The van der Waals surface area contributed by atoms with Crippen molar-refractivity contribution in [3.63, 3.8) is 0 Å². The number of hydrogen-bond donors (Lipinski definition) is 1. The van der Waals surface area contributed by atoms with Crippen LogP contribution >= 0.6 is 0 Å². The molecule has 1 unspecified atom stereocenters. The zero-order chi connectivity index (χ0) is 14.7. The molecular weight excluding hydrogens is 254 g/mol. The summed E-state index contributed by atoms with van der Waals surface area (Å²) in [5.41, 5.74) is 12.1. The van der Waals surface area contributed by atoms with Crippen molar-refractivity contribution in [1.82, 2.24) is 0 Å². The Kier molecular flexibility index (Phi) is 4.12. The number of nitrogens with two attached hydrogens (primary N) is 1. The van der Waals surface area contributed by atoms with Crippen LogP contribution in [-0.4, -0.2) is 0 Å². The lowest BCUT2D eigenvalue weighted by atomic mass is 9.83. The second kappa shape index (κ2) is 6.03. The van der Waals surface area contributed by atoms with E-state index < -0.39 is 0 Å². The summed E-state index contributed by atoms with van der Waals surface area (Å²) < 4.78 is 0. The van der Waals surface area contributed by atoms with E-state index in [0.717, 1.165) is 12.8 Å². The Labute approximate surface area is 128 Å². The Hall–Kier alpha value is -1.60. The third-order valence-electron chi connectivity index (χ3n) is 4.78. The van der Waals surface area contributed by atoms with Gasteiger partial charge in [-0.15, -0.1) is 0 Å². The minimum atomic E-state index is -0.248. The van der Waals surface area contributed by atoms with Crippen LogP contribution in [0, 0.1) is 0 Å². The summed E-state index contributed by atoms with van der Waals surface area (Å²) in [7, 11) is 0. The van der Waals surface area contributed by atoms with Crippen molar-refractivity contribution in [2.45, 2.75) is 51.0 Å². The Balaban J connectivity index is 1.75. The summed E-state index contributed by atoms with van der Waals surface area (Å²) in [6, 6.07) is 17.5. The monoisotopic (exact) mass is 279 g/mol. The van der Waals surface area contributed by atoms with Crippen molar-refractivity contribution >= 4 is 0 Å². The van der Waals surface area contributed by atoms with Crippen LogP contribution in [-0.2, 0) is 24.8 Å². The molecule has 2 aromatic carbocycles. The molecule has 0 bridgehead atoms. The third kappa shape index (κ3) is 3.36. The van der Waals surface area contributed by atoms with E-state index in [9.17, 15) is 0 Å². The molecule has 1 nitrogen and oxygen atoms in total. The maximum absolute atomic E-state index is 6.62. The summed E-state index contributed by atoms with van der Waals surface area (Å²) in [5.74, 6) is 0. The predicted molar refractivity (Wildman–Crippen MR) is 89.4 cm³/mol. The number of rotatable bonds is 4. The van der Waals surface area contributed by atoms with Gasteiger partial charge in [0.25, 0.3) is 0 Å².